The summed E-state index contributed by atoms with van der Waals surface area (Å²) >= 11 is 6.04. The minimum atomic E-state index is -2.92. The predicted molar refractivity (Wildman–Crippen MR) is 122 cm³/mol. The van der Waals surface area contributed by atoms with E-state index in [2.05, 4.69) is 0 Å². The average Bonchev–Trinajstić information content (AvgIpc) is 2.60. The first-order valence-electron chi connectivity index (χ1n) is 8.56. The Bertz CT molecular complexity index is 929. The van der Waals surface area contributed by atoms with Crippen LogP contribution in [0.25, 0.3) is 0 Å². The van der Waals surface area contributed by atoms with E-state index in [4.69, 9.17) is 8.85 Å². The third-order valence-corrected chi connectivity index (χ3v) is 5.75. The van der Waals surface area contributed by atoms with Crippen LogP contribution in [0.1, 0.15) is 16.5 Å². The lowest BCUT2D eigenvalue weighted by molar-refractivity contribution is -0.141. The zero-order valence-electron chi connectivity index (χ0n) is 15.9. The van der Waals surface area contributed by atoms with Crippen LogP contribution in [0.15, 0.2) is 30.3 Å². The van der Waals surface area contributed by atoms with Crippen molar-refractivity contribution in [1.82, 2.24) is 5.32 Å². The van der Waals surface area contributed by atoms with E-state index in [9.17, 15) is 19.8 Å². The number of aliphatic carboxylic acids is 1. The number of phenolic OH excluding ortho intramolecular Hbond substituents is 1. The molecule has 2 rings (SSSR count). The molecule has 0 saturated heterocycles. The van der Waals surface area contributed by atoms with Crippen LogP contribution in [-0.4, -0.2) is 28.1 Å². The van der Waals surface area contributed by atoms with Crippen LogP contribution in [0, 0.1) is 10.7 Å². The lowest BCUT2D eigenvalue weighted by atomic mass is 10.1. The van der Waals surface area contributed by atoms with Crippen molar-refractivity contribution in [3.8, 4) is 17.2 Å². The number of nitrogens with one attached hydrogen (secondary N) is 1. The molecule has 2 aromatic rings. The van der Waals surface area contributed by atoms with E-state index in [1.807, 2.05) is 73.1 Å². The zero-order valence-corrected chi connectivity index (χ0v) is 19.4. The average molecular weight is 696 g/mol. The number of amides is 1. The number of carboxylic acids is 1. The number of aromatic hydroxyl groups is 1. The molecule has 9 heteroatoms. The second kappa shape index (κ2) is 9.39. The zero-order chi connectivity index (χ0) is 21.9. The summed E-state index contributed by atoms with van der Waals surface area (Å²) in [6, 6.07) is 7.01. The van der Waals surface area contributed by atoms with Gasteiger partial charge in [0.25, 0.3) is 0 Å². The van der Waals surface area contributed by atoms with E-state index in [1.54, 1.807) is 30.3 Å². The van der Waals surface area contributed by atoms with Gasteiger partial charge in [-0.1, -0.05) is 6.07 Å². The molecule has 0 radical (unpaired) electrons. The van der Waals surface area contributed by atoms with Crippen LogP contribution in [0.5, 0.6) is 17.2 Å². The van der Waals surface area contributed by atoms with Crippen LogP contribution in [-0.2, 0) is 16.0 Å². The third kappa shape index (κ3) is 5.84. The largest absolute Gasteiger partial charge is 0.506 e. The highest BCUT2D eigenvalue weighted by Crippen LogP contribution is 2.34. The van der Waals surface area contributed by atoms with Crippen molar-refractivity contribution < 1.29 is 28.7 Å². The molecule has 1 atom stereocenters. The lowest BCUT2D eigenvalue weighted by Gasteiger charge is -2.15. The predicted octanol–water partition coefficient (Wildman–Crippen LogP) is 4.13. The third-order valence-electron chi connectivity index (χ3n) is 3.26. The monoisotopic (exact) mass is 696 g/mol. The molecule has 138 valence electrons. The molecule has 2 aromatic carbocycles. The fraction of sp³-hybridized carbons (Fsp3) is 0.176. The molecule has 0 aliphatic carbocycles. The fourth-order valence-electron chi connectivity index (χ4n) is 2.08. The highest BCUT2D eigenvalue weighted by Gasteiger charge is 2.19. The molecule has 3 N–H and O–H groups in total. The maximum absolute atomic E-state index is 11.6. The van der Waals surface area contributed by atoms with Crippen LogP contribution in [0.3, 0.4) is 0 Å². The van der Waals surface area contributed by atoms with Crippen LogP contribution in [0.4, 0.5) is 0 Å². The van der Waals surface area contributed by atoms with E-state index >= 15 is 0 Å². The van der Waals surface area contributed by atoms with Gasteiger partial charge < -0.3 is 20.3 Å². The van der Waals surface area contributed by atoms with Crippen LogP contribution in [0.2, 0.25) is 0 Å². The lowest BCUT2D eigenvalue weighted by Crippen LogP contribution is -2.41. The summed E-state index contributed by atoms with van der Waals surface area (Å²) in [5.41, 5.74) is 0.592. The molecule has 6 nitrogen and oxygen atoms in total. The van der Waals surface area contributed by atoms with Crippen molar-refractivity contribution in [2.24, 2.45) is 0 Å². The van der Waals surface area contributed by atoms with E-state index in [0.717, 1.165) is 0 Å². The molecule has 0 aromatic heterocycles. The van der Waals surface area contributed by atoms with E-state index in [1.165, 1.54) is 0 Å². The van der Waals surface area contributed by atoms with Gasteiger partial charge in [-0.05, 0) is 97.6 Å². The topological polar surface area (TPSA) is 95.9 Å². The summed E-state index contributed by atoms with van der Waals surface area (Å²) in [5, 5.41) is 21.2. The molecule has 1 amide bonds. The number of benzene rings is 2. The second-order valence-corrected chi connectivity index (χ2v) is 8.66. The Morgan fingerprint density at radius 2 is 1.85 bits per heavy atom. The molecule has 0 unspecified atom stereocenters. The van der Waals surface area contributed by atoms with E-state index in [-0.39, 0.29) is 12.2 Å². The first kappa shape index (κ1) is 17.3. The summed E-state index contributed by atoms with van der Waals surface area (Å²) in [5.74, 6) is -1.38. The summed E-state index contributed by atoms with van der Waals surface area (Å²) < 4.78 is 29.0. The Balaban J connectivity index is 2.17. The molecule has 26 heavy (non-hydrogen) atoms. The summed E-state index contributed by atoms with van der Waals surface area (Å²) in [4.78, 5) is 23.0. The van der Waals surface area contributed by atoms with Gasteiger partial charge in [0.15, 0.2) is 0 Å². The summed E-state index contributed by atoms with van der Waals surface area (Å²) in [6.07, 6.45) is -0.0809. The number of carbonyl (C=O) groups excluding carboxylic acids is 1. The first-order chi connectivity index (χ1) is 13.4. The minimum absolute atomic E-state index is 0.0809. The maximum Gasteiger partial charge on any atom is 0.326 e. The van der Waals surface area contributed by atoms with E-state index in [0.29, 0.717) is 27.8 Å². The Morgan fingerprint density at radius 3 is 2.38 bits per heavy atom. The molecule has 0 bridgehead atoms. The van der Waals surface area contributed by atoms with Gasteiger partial charge in [0.2, 0.25) is 5.91 Å². The number of hydrogen-bond acceptors (Lipinski definition) is 4. The number of rotatable bonds is 6. The first-order valence-corrected chi connectivity index (χ1v) is 10.3. The van der Waals surface area contributed by atoms with Gasteiger partial charge >= 0.3 is 5.97 Å². The number of carbonyl (C=O) groups is 2. The SMILES string of the molecule is [2H]C([2H])([2H])C(=O)N[C@@H](Cc1ccc(Oc2cc(I)c(O)c(I)c2)c(I)c1)C(=O)O. The molecular weight excluding hydrogens is 679 g/mol. The van der Waals surface area contributed by atoms with Crippen molar-refractivity contribution in [2.45, 2.75) is 19.3 Å². The highest BCUT2D eigenvalue weighted by molar-refractivity contribution is 14.1. The fourth-order valence-corrected chi connectivity index (χ4v) is 4.48. The van der Waals surface area contributed by atoms with Gasteiger partial charge in [-0.25, -0.2) is 4.79 Å². The standard InChI is InChI=1S/C17H14I3NO5/c1-8(22)21-14(17(24)25)5-9-2-3-15(11(18)4-9)26-10-6-12(19)16(23)13(20)7-10/h2-4,6-7,14,23H,5H2,1H3,(H,21,22)(H,24,25)/t14-/m0/s1/i1D3. The van der Waals surface area contributed by atoms with Crippen molar-refractivity contribution in [3.05, 3.63) is 46.6 Å². The second-order valence-electron chi connectivity index (χ2n) is 5.17. The molecule has 0 aliphatic rings. The Labute approximate surface area is 195 Å². The number of carboxylic acid groups (broad SMARTS) is 1. The van der Waals surface area contributed by atoms with Crippen molar-refractivity contribution in [2.75, 3.05) is 0 Å². The van der Waals surface area contributed by atoms with Crippen molar-refractivity contribution in [3.63, 3.8) is 0 Å². The van der Waals surface area contributed by atoms with Crippen molar-refractivity contribution in [1.29, 1.82) is 0 Å². The number of halogens is 3. The Hall–Kier alpha value is -0.830. The molecule has 0 spiro atoms. The van der Waals surface area contributed by atoms with E-state index < -0.39 is 24.8 Å². The smallest absolute Gasteiger partial charge is 0.326 e. The van der Waals surface area contributed by atoms with Gasteiger partial charge in [0, 0.05) is 17.4 Å². The van der Waals surface area contributed by atoms with Crippen LogP contribution < -0.4 is 10.1 Å². The number of ether oxygens (including phenoxy) is 1. The Morgan fingerprint density at radius 1 is 1.19 bits per heavy atom. The van der Waals surface area contributed by atoms with Gasteiger partial charge in [0.1, 0.15) is 23.3 Å². The van der Waals surface area contributed by atoms with Crippen molar-refractivity contribution >= 4 is 79.6 Å². The van der Waals surface area contributed by atoms with Gasteiger partial charge in [0.05, 0.1) is 10.7 Å². The van der Waals surface area contributed by atoms with Gasteiger partial charge in [-0.2, -0.15) is 0 Å². The quantitative estimate of drug-likeness (QED) is 0.396. The molecule has 0 heterocycles. The molecule has 0 fully saturated rings. The highest BCUT2D eigenvalue weighted by atomic mass is 127. The summed E-state index contributed by atoms with van der Waals surface area (Å²) in [7, 11) is 0. The summed E-state index contributed by atoms with van der Waals surface area (Å²) in [6.45, 7) is -2.92. The maximum atomic E-state index is 11.6. The molecular formula is C17H14I3NO5. The van der Waals surface area contributed by atoms with Gasteiger partial charge in [-0.3, -0.25) is 4.79 Å². The molecule has 0 aliphatic heterocycles. The Kier molecular flexibility index (Phi) is 6.24. The molecule has 0 saturated carbocycles. The minimum Gasteiger partial charge on any atom is -0.506 e. The number of hydrogen-bond donors (Lipinski definition) is 3. The van der Waals surface area contributed by atoms with Gasteiger partial charge in [-0.15, -0.1) is 0 Å². The van der Waals surface area contributed by atoms with Crippen LogP contribution >= 0.6 is 67.8 Å². The number of phenols is 1. The normalized spacial score (nSPS) is 13.9.